The maximum absolute atomic E-state index is 11.5. The van der Waals surface area contributed by atoms with Gasteiger partial charge in [-0.25, -0.2) is 4.79 Å². The van der Waals surface area contributed by atoms with E-state index < -0.39 is 36.2 Å². The van der Waals surface area contributed by atoms with Crippen molar-refractivity contribution in [2.45, 2.75) is 12.8 Å². The summed E-state index contributed by atoms with van der Waals surface area (Å²) in [5.74, 6) is -4.16. The first-order valence-electron chi connectivity index (χ1n) is 4.72. The van der Waals surface area contributed by atoms with Crippen LogP contribution in [0.4, 0.5) is 0 Å². The number of carbonyl (C=O) groups is 4. The summed E-state index contributed by atoms with van der Waals surface area (Å²) in [7, 11) is 0. The molecule has 0 unspecified atom stereocenters. The number of Topliss-reactive ketones (excluding diaryl/α,β-unsaturated/α-hetero) is 3. The highest BCUT2D eigenvalue weighted by Gasteiger charge is 2.19. The van der Waals surface area contributed by atoms with E-state index in [4.69, 9.17) is 5.11 Å². The molecule has 6 nitrogen and oxygen atoms in total. The summed E-state index contributed by atoms with van der Waals surface area (Å²) >= 11 is 0. The topological polar surface area (TPSA) is 101 Å². The highest BCUT2D eigenvalue weighted by molar-refractivity contribution is 6.36. The van der Waals surface area contributed by atoms with Gasteiger partial charge in [-0.15, -0.1) is 0 Å². The van der Waals surface area contributed by atoms with Crippen LogP contribution in [0.2, 0.25) is 0 Å². The normalized spacial score (nSPS) is 9.65. The van der Waals surface area contributed by atoms with E-state index in [-0.39, 0.29) is 5.69 Å². The molecule has 0 aliphatic heterocycles. The number of nitrogens with zero attached hydrogens (tertiary/aromatic N) is 1. The van der Waals surface area contributed by atoms with Gasteiger partial charge in [-0.2, -0.15) is 0 Å². The molecule has 1 rings (SSSR count). The van der Waals surface area contributed by atoms with Gasteiger partial charge in [0.05, 0.1) is 12.8 Å². The van der Waals surface area contributed by atoms with Crippen molar-refractivity contribution in [3.8, 4) is 0 Å². The molecule has 0 saturated heterocycles. The minimum Gasteiger partial charge on any atom is -0.475 e. The maximum Gasteiger partial charge on any atom is 0.372 e. The van der Waals surface area contributed by atoms with Crippen molar-refractivity contribution in [2.75, 3.05) is 0 Å². The van der Waals surface area contributed by atoms with Gasteiger partial charge in [-0.1, -0.05) is 6.07 Å². The van der Waals surface area contributed by atoms with Crippen molar-refractivity contribution in [3.05, 3.63) is 30.1 Å². The number of carboxylic acid groups (broad SMARTS) is 1. The highest BCUT2D eigenvalue weighted by Crippen LogP contribution is 2.02. The molecule has 0 bridgehead atoms. The molecule has 6 heteroatoms. The Morgan fingerprint density at radius 1 is 1.12 bits per heavy atom. The Labute approximate surface area is 96.3 Å². The van der Waals surface area contributed by atoms with Gasteiger partial charge >= 0.3 is 5.97 Å². The Morgan fingerprint density at radius 2 is 1.82 bits per heavy atom. The number of rotatable bonds is 6. The summed E-state index contributed by atoms with van der Waals surface area (Å²) in [6.07, 6.45) is 0.115. The van der Waals surface area contributed by atoms with Crippen LogP contribution in [-0.2, 0) is 14.4 Å². The van der Waals surface area contributed by atoms with Crippen molar-refractivity contribution in [3.63, 3.8) is 0 Å². The van der Waals surface area contributed by atoms with Crippen molar-refractivity contribution >= 4 is 23.3 Å². The van der Waals surface area contributed by atoms with E-state index in [2.05, 4.69) is 4.98 Å². The van der Waals surface area contributed by atoms with Crippen LogP contribution in [-0.4, -0.2) is 33.4 Å². The van der Waals surface area contributed by atoms with Crippen LogP contribution in [0, 0.1) is 0 Å². The quantitative estimate of drug-likeness (QED) is 0.431. The number of aromatic nitrogens is 1. The van der Waals surface area contributed by atoms with Crippen molar-refractivity contribution < 1.29 is 24.3 Å². The predicted molar refractivity (Wildman–Crippen MR) is 55.5 cm³/mol. The molecule has 17 heavy (non-hydrogen) atoms. The number of ketones is 3. The van der Waals surface area contributed by atoms with E-state index in [0.29, 0.717) is 0 Å². The number of carbonyl (C=O) groups excluding carboxylic acids is 3. The molecule has 0 aliphatic rings. The summed E-state index contributed by atoms with van der Waals surface area (Å²) in [6, 6.07) is 4.65. The van der Waals surface area contributed by atoms with Crippen LogP contribution in [0.5, 0.6) is 0 Å². The molecule has 0 radical (unpaired) electrons. The second-order valence-corrected chi connectivity index (χ2v) is 3.26. The fourth-order valence-corrected chi connectivity index (χ4v) is 1.11. The zero-order valence-corrected chi connectivity index (χ0v) is 8.75. The first-order valence-corrected chi connectivity index (χ1v) is 4.72. The first-order chi connectivity index (χ1) is 8.00. The van der Waals surface area contributed by atoms with Gasteiger partial charge in [-0.05, 0) is 12.1 Å². The van der Waals surface area contributed by atoms with Gasteiger partial charge in [-0.3, -0.25) is 19.4 Å². The molecule has 0 aliphatic carbocycles. The Balaban J connectivity index is 2.56. The van der Waals surface area contributed by atoms with Crippen LogP contribution >= 0.6 is 0 Å². The SMILES string of the molecule is O=C(CC(=O)C(=O)O)CC(=O)c1ccccn1. The molecule has 0 amide bonds. The Kier molecular flexibility index (Phi) is 4.21. The molecule has 0 atom stereocenters. The number of carboxylic acids is 1. The van der Waals surface area contributed by atoms with Crippen LogP contribution in [0.15, 0.2) is 24.4 Å². The largest absolute Gasteiger partial charge is 0.475 e. The summed E-state index contributed by atoms with van der Waals surface area (Å²) in [5.41, 5.74) is 0.114. The van der Waals surface area contributed by atoms with Gasteiger partial charge in [0.1, 0.15) is 11.5 Å². The van der Waals surface area contributed by atoms with E-state index >= 15 is 0 Å². The van der Waals surface area contributed by atoms with Crippen molar-refractivity contribution in [2.24, 2.45) is 0 Å². The Hall–Kier alpha value is -2.37. The molecule has 0 spiro atoms. The number of hydrogen-bond donors (Lipinski definition) is 1. The number of pyridine rings is 1. The molecule has 0 saturated carbocycles. The fraction of sp³-hybridized carbons (Fsp3) is 0.182. The van der Waals surface area contributed by atoms with Gasteiger partial charge < -0.3 is 5.11 Å². The molecule has 0 fully saturated rings. The van der Waals surface area contributed by atoms with Crippen LogP contribution in [0.25, 0.3) is 0 Å². The van der Waals surface area contributed by atoms with Crippen LogP contribution in [0.3, 0.4) is 0 Å². The minimum atomic E-state index is -1.68. The molecule has 1 aromatic heterocycles. The molecule has 1 aromatic rings. The standard InChI is InChI=1S/C11H9NO5/c13-7(6-10(15)11(16)17)5-9(14)8-3-1-2-4-12-8/h1-4H,5-6H2,(H,16,17). The monoisotopic (exact) mass is 235 g/mol. The minimum absolute atomic E-state index is 0.114. The zero-order valence-electron chi connectivity index (χ0n) is 8.75. The molecule has 88 valence electrons. The Morgan fingerprint density at radius 3 is 2.35 bits per heavy atom. The van der Waals surface area contributed by atoms with E-state index in [0.717, 1.165) is 0 Å². The van der Waals surface area contributed by atoms with Crippen molar-refractivity contribution in [1.82, 2.24) is 4.98 Å². The third-order valence-corrected chi connectivity index (χ3v) is 1.90. The average molecular weight is 235 g/mol. The lowest BCUT2D eigenvalue weighted by Gasteiger charge is -1.98. The van der Waals surface area contributed by atoms with Gasteiger partial charge in [0, 0.05) is 6.20 Å². The first kappa shape index (κ1) is 12.7. The maximum atomic E-state index is 11.5. The lowest BCUT2D eigenvalue weighted by Crippen LogP contribution is -2.19. The third kappa shape index (κ3) is 3.94. The fourth-order valence-electron chi connectivity index (χ4n) is 1.11. The summed E-state index contributed by atoms with van der Waals surface area (Å²) in [6.45, 7) is 0. The summed E-state index contributed by atoms with van der Waals surface area (Å²) in [4.78, 5) is 47.3. The summed E-state index contributed by atoms with van der Waals surface area (Å²) in [5, 5.41) is 8.28. The summed E-state index contributed by atoms with van der Waals surface area (Å²) < 4.78 is 0. The third-order valence-electron chi connectivity index (χ3n) is 1.90. The van der Waals surface area contributed by atoms with Gasteiger partial charge in [0.2, 0.25) is 5.78 Å². The molecule has 1 N–H and O–H groups in total. The second kappa shape index (κ2) is 5.64. The van der Waals surface area contributed by atoms with E-state index in [1.54, 1.807) is 12.1 Å². The highest BCUT2D eigenvalue weighted by atomic mass is 16.4. The molecule has 1 heterocycles. The van der Waals surface area contributed by atoms with E-state index in [1.807, 2.05) is 0 Å². The van der Waals surface area contributed by atoms with Crippen LogP contribution < -0.4 is 0 Å². The van der Waals surface area contributed by atoms with Crippen molar-refractivity contribution in [1.29, 1.82) is 0 Å². The van der Waals surface area contributed by atoms with Gasteiger partial charge in [0.15, 0.2) is 5.78 Å². The lowest BCUT2D eigenvalue weighted by atomic mass is 10.1. The lowest BCUT2D eigenvalue weighted by molar-refractivity contribution is -0.150. The van der Waals surface area contributed by atoms with Crippen LogP contribution in [0.1, 0.15) is 23.3 Å². The smallest absolute Gasteiger partial charge is 0.372 e. The molecule has 0 aromatic carbocycles. The number of hydrogen-bond acceptors (Lipinski definition) is 5. The van der Waals surface area contributed by atoms with E-state index in [1.165, 1.54) is 12.3 Å². The van der Waals surface area contributed by atoms with Gasteiger partial charge in [0.25, 0.3) is 0 Å². The molecular formula is C11H9NO5. The average Bonchev–Trinajstić information content (AvgIpc) is 2.29. The van der Waals surface area contributed by atoms with E-state index in [9.17, 15) is 19.2 Å². The second-order valence-electron chi connectivity index (χ2n) is 3.26. The number of aliphatic carboxylic acids is 1. The predicted octanol–water partition coefficient (Wildman–Crippen LogP) is 0.267. The molecular weight excluding hydrogens is 226 g/mol. The Bertz CT molecular complexity index is 466. The zero-order chi connectivity index (χ0) is 12.8.